The lowest BCUT2D eigenvalue weighted by atomic mass is 9.87. The predicted octanol–water partition coefficient (Wildman–Crippen LogP) is 3.20. The third-order valence-electron chi connectivity index (χ3n) is 3.59. The molecule has 90 valence electrons. The van der Waals surface area contributed by atoms with Gasteiger partial charge >= 0.3 is 0 Å². The van der Waals surface area contributed by atoms with E-state index in [1.165, 1.54) is 25.7 Å². The molecule has 1 fully saturated rings. The van der Waals surface area contributed by atoms with E-state index in [2.05, 4.69) is 41.8 Å². The van der Waals surface area contributed by atoms with Crippen molar-refractivity contribution in [2.75, 3.05) is 5.32 Å². The Bertz CT molecular complexity index is 335. The van der Waals surface area contributed by atoms with Crippen molar-refractivity contribution in [3.63, 3.8) is 0 Å². The van der Waals surface area contributed by atoms with Crippen LogP contribution in [0.2, 0.25) is 0 Å². The zero-order valence-electron chi connectivity index (χ0n) is 10.7. The zero-order chi connectivity index (χ0) is 11.5. The molecule has 2 rings (SSSR count). The van der Waals surface area contributed by atoms with Gasteiger partial charge in [0.1, 0.15) is 0 Å². The van der Waals surface area contributed by atoms with Crippen molar-refractivity contribution in [3.8, 4) is 0 Å². The summed E-state index contributed by atoms with van der Waals surface area (Å²) in [5.41, 5.74) is 1.11. The van der Waals surface area contributed by atoms with Crippen molar-refractivity contribution in [2.45, 2.75) is 59.0 Å². The molecule has 0 unspecified atom stereocenters. The average Bonchev–Trinajstić information content (AvgIpc) is 2.62. The molecule has 0 atom stereocenters. The van der Waals surface area contributed by atoms with Gasteiger partial charge in [-0.15, -0.1) is 0 Å². The first-order valence-electron chi connectivity index (χ1n) is 6.49. The maximum Gasteiger partial charge on any atom is 0.203 e. The van der Waals surface area contributed by atoms with Crippen molar-refractivity contribution in [3.05, 3.63) is 11.9 Å². The summed E-state index contributed by atoms with van der Waals surface area (Å²) in [4.78, 5) is 4.55. The molecule has 1 aliphatic rings. The largest absolute Gasteiger partial charge is 0.353 e. The van der Waals surface area contributed by atoms with Gasteiger partial charge in [-0.25, -0.2) is 4.98 Å². The average molecular weight is 221 g/mol. The highest BCUT2D eigenvalue weighted by molar-refractivity contribution is 5.30. The fourth-order valence-corrected chi connectivity index (χ4v) is 2.49. The quantitative estimate of drug-likeness (QED) is 0.849. The van der Waals surface area contributed by atoms with Gasteiger partial charge in [0.25, 0.3) is 0 Å². The van der Waals surface area contributed by atoms with E-state index in [0.29, 0.717) is 6.04 Å². The SMILES string of the molecule is CCn1cc(C)nc1NC1CCC(C)CC1. The Hall–Kier alpha value is -0.990. The lowest BCUT2D eigenvalue weighted by Crippen LogP contribution is -2.26. The molecule has 0 bridgehead atoms. The number of imidazole rings is 1. The van der Waals surface area contributed by atoms with Crippen LogP contribution in [0, 0.1) is 12.8 Å². The van der Waals surface area contributed by atoms with Gasteiger partial charge in [0.15, 0.2) is 0 Å². The minimum Gasteiger partial charge on any atom is -0.353 e. The van der Waals surface area contributed by atoms with Gasteiger partial charge in [0.2, 0.25) is 5.95 Å². The van der Waals surface area contributed by atoms with Crippen LogP contribution in [-0.4, -0.2) is 15.6 Å². The molecule has 1 heterocycles. The molecule has 0 aromatic carbocycles. The second kappa shape index (κ2) is 4.89. The molecule has 0 saturated heterocycles. The molecular formula is C13H23N3. The van der Waals surface area contributed by atoms with Crippen LogP contribution in [0.5, 0.6) is 0 Å². The number of nitrogens with zero attached hydrogens (tertiary/aromatic N) is 2. The highest BCUT2D eigenvalue weighted by Crippen LogP contribution is 2.25. The van der Waals surface area contributed by atoms with E-state index in [9.17, 15) is 0 Å². The van der Waals surface area contributed by atoms with Crippen LogP contribution in [0.25, 0.3) is 0 Å². The number of hydrogen-bond acceptors (Lipinski definition) is 2. The Morgan fingerprint density at radius 2 is 2.06 bits per heavy atom. The first kappa shape index (κ1) is 11.5. The zero-order valence-corrected chi connectivity index (χ0v) is 10.7. The summed E-state index contributed by atoms with van der Waals surface area (Å²) in [7, 11) is 0. The molecule has 3 heteroatoms. The van der Waals surface area contributed by atoms with Crippen LogP contribution in [0.3, 0.4) is 0 Å². The van der Waals surface area contributed by atoms with E-state index in [4.69, 9.17) is 0 Å². The van der Waals surface area contributed by atoms with Gasteiger partial charge < -0.3 is 9.88 Å². The molecule has 3 nitrogen and oxygen atoms in total. The maximum atomic E-state index is 4.55. The van der Waals surface area contributed by atoms with Crippen molar-refractivity contribution in [2.24, 2.45) is 5.92 Å². The van der Waals surface area contributed by atoms with Crippen LogP contribution in [0.1, 0.15) is 45.2 Å². The van der Waals surface area contributed by atoms with Gasteiger partial charge in [0, 0.05) is 18.8 Å². The normalized spacial score (nSPS) is 25.7. The summed E-state index contributed by atoms with van der Waals surface area (Å²) in [6.45, 7) is 7.56. The van der Waals surface area contributed by atoms with Gasteiger partial charge in [-0.05, 0) is 45.4 Å². The summed E-state index contributed by atoms with van der Waals surface area (Å²) in [6, 6.07) is 0.628. The third-order valence-corrected chi connectivity index (χ3v) is 3.59. The Morgan fingerprint density at radius 1 is 1.38 bits per heavy atom. The second-order valence-corrected chi connectivity index (χ2v) is 5.09. The van der Waals surface area contributed by atoms with Crippen LogP contribution in [0.15, 0.2) is 6.20 Å². The predicted molar refractivity (Wildman–Crippen MR) is 67.7 cm³/mol. The topological polar surface area (TPSA) is 29.9 Å². The highest BCUT2D eigenvalue weighted by Gasteiger charge is 2.19. The molecule has 0 radical (unpaired) electrons. The van der Waals surface area contributed by atoms with Crippen molar-refractivity contribution >= 4 is 5.95 Å². The highest BCUT2D eigenvalue weighted by atomic mass is 15.2. The van der Waals surface area contributed by atoms with Crippen molar-refractivity contribution in [1.29, 1.82) is 0 Å². The molecular weight excluding hydrogens is 198 g/mol. The summed E-state index contributed by atoms with van der Waals surface area (Å²) >= 11 is 0. The van der Waals surface area contributed by atoms with Crippen LogP contribution in [0.4, 0.5) is 5.95 Å². The lowest BCUT2D eigenvalue weighted by Gasteiger charge is -2.27. The van der Waals surface area contributed by atoms with E-state index in [0.717, 1.165) is 24.1 Å². The molecule has 1 aromatic heterocycles. The number of nitrogens with one attached hydrogen (secondary N) is 1. The molecule has 1 saturated carbocycles. The molecule has 16 heavy (non-hydrogen) atoms. The third kappa shape index (κ3) is 2.57. The summed E-state index contributed by atoms with van der Waals surface area (Å²) in [5, 5.41) is 3.59. The Kier molecular flexibility index (Phi) is 3.52. The minimum atomic E-state index is 0.628. The van der Waals surface area contributed by atoms with Crippen LogP contribution >= 0.6 is 0 Å². The van der Waals surface area contributed by atoms with E-state index < -0.39 is 0 Å². The standard InChI is InChI=1S/C13H23N3/c1-4-16-9-11(3)14-13(16)15-12-7-5-10(2)6-8-12/h9-10,12H,4-8H2,1-3H3,(H,14,15). The first-order valence-corrected chi connectivity index (χ1v) is 6.49. The minimum absolute atomic E-state index is 0.628. The summed E-state index contributed by atoms with van der Waals surface area (Å²) < 4.78 is 2.20. The first-order chi connectivity index (χ1) is 7.69. The smallest absolute Gasteiger partial charge is 0.203 e. The number of hydrogen-bond donors (Lipinski definition) is 1. The van der Waals surface area contributed by atoms with Gasteiger partial charge in [0.05, 0.1) is 5.69 Å². The lowest BCUT2D eigenvalue weighted by molar-refractivity contribution is 0.359. The second-order valence-electron chi connectivity index (χ2n) is 5.09. The van der Waals surface area contributed by atoms with Gasteiger partial charge in [-0.1, -0.05) is 6.92 Å². The fourth-order valence-electron chi connectivity index (χ4n) is 2.49. The number of aromatic nitrogens is 2. The van der Waals surface area contributed by atoms with Crippen LogP contribution in [-0.2, 0) is 6.54 Å². The number of anilines is 1. The van der Waals surface area contributed by atoms with E-state index in [1.54, 1.807) is 0 Å². The Balaban J connectivity index is 1.97. The molecule has 1 N–H and O–H groups in total. The van der Waals surface area contributed by atoms with E-state index in [-0.39, 0.29) is 0 Å². The van der Waals surface area contributed by atoms with Crippen LogP contribution < -0.4 is 5.32 Å². The number of rotatable bonds is 3. The van der Waals surface area contributed by atoms with E-state index in [1.807, 2.05) is 0 Å². The summed E-state index contributed by atoms with van der Waals surface area (Å²) in [6.07, 6.45) is 7.40. The molecule has 1 aromatic rings. The van der Waals surface area contributed by atoms with Crippen molar-refractivity contribution < 1.29 is 0 Å². The molecule has 0 amide bonds. The summed E-state index contributed by atoms with van der Waals surface area (Å²) in [5.74, 6) is 1.96. The maximum absolute atomic E-state index is 4.55. The molecule has 0 aliphatic heterocycles. The van der Waals surface area contributed by atoms with E-state index >= 15 is 0 Å². The fraction of sp³-hybridized carbons (Fsp3) is 0.769. The Morgan fingerprint density at radius 3 is 2.69 bits per heavy atom. The number of aryl methyl sites for hydroxylation is 2. The van der Waals surface area contributed by atoms with Gasteiger partial charge in [-0.2, -0.15) is 0 Å². The monoisotopic (exact) mass is 221 g/mol. The Labute approximate surface area is 98.3 Å². The van der Waals surface area contributed by atoms with Crippen molar-refractivity contribution in [1.82, 2.24) is 9.55 Å². The molecule has 0 spiro atoms. The molecule has 1 aliphatic carbocycles. The van der Waals surface area contributed by atoms with Gasteiger partial charge in [-0.3, -0.25) is 0 Å².